The second-order valence-corrected chi connectivity index (χ2v) is 12.7. The van der Waals surface area contributed by atoms with Crippen LogP contribution >= 0.6 is 0 Å². The Morgan fingerprint density at radius 1 is 0.775 bits per heavy atom. The molecule has 1 fully saturated rings. The lowest BCUT2D eigenvalue weighted by Crippen LogP contribution is -2.63. The number of hydrogen-bond acceptors (Lipinski definition) is 7. The second kappa shape index (κ2) is 12.6. The molecule has 1 saturated heterocycles. The quantitative estimate of drug-likeness (QED) is 0.348. The minimum Gasteiger partial charge on any atom is -0.507 e. The van der Waals surface area contributed by atoms with Gasteiger partial charge in [0.05, 0.1) is 0 Å². The Balaban J connectivity index is 1.47. The highest BCUT2D eigenvalue weighted by atomic mass is 16.5. The predicted molar refractivity (Wildman–Crippen MR) is 157 cm³/mol. The summed E-state index contributed by atoms with van der Waals surface area (Å²) >= 11 is 0. The number of esters is 2. The van der Waals surface area contributed by atoms with Gasteiger partial charge in [-0.15, -0.1) is 0 Å². The van der Waals surface area contributed by atoms with Crippen LogP contribution in [0.15, 0.2) is 24.3 Å². The van der Waals surface area contributed by atoms with Gasteiger partial charge in [0.15, 0.2) is 0 Å². The monoisotopic (exact) mass is 553 g/mol. The smallest absolute Gasteiger partial charge is 0.306 e. The minimum atomic E-state index is -0.245. The molecule has 0 amide bonds. The van der Waals surface area contributed by atoms with Gasteiger partial charge in [0.1, 0.15) is 24.2 Å². The van der Waals surface area contributed by atoms with E-state index in [9.17, 15) is 19.8 Å². The normalized spacial score (nSPS) is 17.0. The van der Waals surface area contributed by atoms with E-state index in [1.54, 1.807) is 0 Å². The Morgan fingerprint density at radius 2 is 1.18 bits per heavy atom. The van der Waals surface area contributed by atoms with Crippen LogP contribution in [0, 0.1) is 27.7 Å². The molecule has 0 aliphatic carbocycles. The summed E-state index contributed by atoms with van der Waals surface area (Å²) in [5.74, 6) is 0.161. The molecule has 1 aliphatic heterocycles. The highest BCUT2D eigenvalue weighted by Gasteiger charge is 2.46. The molecule has 2 aromatic rings. The first-order chi connectivity index (χ1) is 18.6. The van der Waals surface area contributed by atoms with Crippen molar-refractivity contribution in [3.63, 3.8) is 0 Å². The van der Waals surface area contributed by atoms with Gasteiger partial charge < -0.3 is 19.7 Å². The molecule has 3 rings (SSSR count). The molecule has 220 valence electrons. The Morgan fingerprint density at radius 3 is 1.60 bits per heavy atom. The molecular weight excluding hydrogens is 506 g/mol. The van der Waals surface area contributed by atoms with Crippen LogP contribution in [-0.2, 0) is 31.9 Å². The maximum atomic E-state index is 12.7. The number of rotatable bonds is 10. The van der Waals surface area contributed by atoms with Crippen molar-refractivity contribution >= 4 is 11.9 Å². The van der Waals surface area contributed by atoms with E-state index in [0.29, 0.717) is 56.8 Å². The van der Waals surface area contributed by atoms with E-state index in [1.807, 2.05) is 52.0 Å². The lowest BCUT2D eigenvalue weighted by Gasteiger charge is -2.54. The van der Waals surface area contributed by atoms with Crippen LogP contribution in [0.5, 0.6) is 11.5 Å². The number of aryl methyl sites for hydroxylation is 6. The van der Waals surface area contributed by atoms with Crippen molar-refractivity contribution in [1.29, 1.82) is 0 Å². The summed E-state index contributed by atoms with van der Waals surface area (Å²) in [5, 5.41) is 19.9. The summed E-state index contributed by atoms with van der Waals surface area (Å²) < 4.78 is 11.5. The number of likely N-dealkylation sites (tertiary alicyclic amines) is 1. The molecule has 40 heavy (non-hydrogen) atoms. The van der Waals surface area contributed by atoms with Gasteiger partial charge in [0.2, 0.25) is 0 Å². The standard InChI is InChI=1S/C33H47NO6/c1-21-15-25(16-22(2)30(21)37)9-11-28(35)39-14-13-34-32(5,6)19-27(20-33(34,7)8)40-29(36)12-10-26-17-23(3)31(38)24(4)18-26/h15-18,27,37-38H,9-14,19-20H2,1-8H3. The summed E-state index contributed by atoms with van der Waals surface area (Å²) in [6.07, 6.45) is 2.95. The van der Waals surface area contributed by atoms with Gasteiger partial charge in [0.25, 0.3) is 0 Å². The zero-order valence-corrected chi connectivity index (χ0v) is 25.5. The Hall–Kier alpha value is -3.06. The van der Waals surface area contributed by atoms with Crippen molar-refractivity contribution in [3.8, 4) is 11.5 Å². The second-order valence-electron chi connectivity index (χ2n) is 12.7. The first-order valence-electron chi connectivity index (χ1n) is 14.3. The maximum Gasteiger partial charge on any atom is 0.306 e. The van der Waals surface area contributed by atoms with E-state index in [2.05, 4.69) is 32.6 Å². The molecule has 2 N–H and O–H groups in total. The molecule has 7 heteroatoms. The van der Waals surface area contributed by atoms with Crippen LogP contribution in [0.4, 0.5) is 0 Å². The highest BCUT2D eigenvalue weighted by Crippen LogP contribution is 2.39. The van der Waals surface area contributed by atoms with Crippen LogP contribution < -0.4 is 0 Å². The topological polar surface area (TPSA) is 96.3 Å². The summed E-state index contributed by atoms with van der Waals surface area (Å²) in [4.78, 5) is 27.5. The van der Waals surface area contributed by atoms with E-state index in [4.69, 9.17) is 9.47 Å². The maximum absolute atomic E-state index is 12.7. The van der Waals surface area contributed by atoms with Crippen LogP contribution in [0.3, 0.4) is 0 Å². The third-order valence-electron chi connectivity index (χ3n) is 8.13. The van der Waals surface area contributed by atoms with Crippen LogP contribution in [-0.4, -0.2) is 57.4 Å². The first-order valence-corrected chi connectivity index (χ1v) is 14.3. The first kappa shape index (κ1) is 31.5. The number of phenols is 2. The fourth-order valence-corrected chi connectivity index (χ4v) is 6.36. The lowest BCUT2D eigenvalue weighted by molar-refractivity contribution is -0.163. The van der Waals surface area contributed by atoms with E-state index < -0.39 is 0 Å². The minimum absolute atomic E-state index is 0.184. The predicted octanol–water partition coefficient (Wildman–Crippen LogP) is 6.00. The fraction of sp³-hybridized carbons (Fsp3) is 0.576. The molecule has 7 nitrogen and oxygen atoms in total. The molecule has 1 heterocycles. The Labute approximate surface area is 239 Å². The van der Waals surface area contributed by atoms with Gasteiger partial charge in [-0.1, -0.05) is 24.3 Å². The van der Waals surface area contributed by atoms with Crippen LogP contribution in [0.1, 0.15) is 86.8 Å². The molecule has 0 bridgehead atoms. The Bertz CT molecular complexity index is 1170. The van der Waals surface area contributed by atoms with E-state index in [1.165, 1.54) is 0 Å². The fourth-order valence-electron chi connectivity index (χ4n) is 6.36. The molecule has 1 aliphatic rings. The number of piperidine rings is 1. The number of benzene rings is 2. The van der Waals surface area contributed by atoms with Crippen molar-refractivity contribution in [2.75, 3.05) is 13.2 Å². The zero-order valence-electron chi connectivity index (χ0n) is 25.5. The highest BCUT2D eigenvalue weighted by molar-refractivity contribution is 5.70. The van der Waals surface area contributed by atoms with Crippen molar-refractivity contribution in [2.45, 2.75) is 111 Å². The number of aromatic hydroxyl groups is 2. The third-order valence-corrected chi connectivity index (χ3v) is 8.13. The van der Waals surface area contributed by atoms with Gasteiger partial charge >= 0.3 is 11.9 Å². The molecule has 0 spiro atoms. The van der Waals surface area contributed by atoms with Crippen molar-refractivity contribution in [1.82, 2.24) is 4.90 Å². The summed E-state index contributed by atoms with van der Waals surface area (Å²) in [6, 6.07) is 7.66. The molecule has 0 unspecified atom stereocenters. The number of ether oxygens (including phenoxy) is 2. The van der Waals surface area contributed by atoms with E-state index in [-0.39, 0.29) is 35.5 Å². The van der Waals surface area contributed by atoms with Crippen molar-refractivity contribution < 1.29 is 29.3 Å². The van der Waals surface area contributed by atoms with Gasteiger partial charge in [-0.25, -0.2) is 0 Å². The number of phenolic OH excluding ortho intramolecular Hbond substituents is 2. The summed E-state index contributed by atoms with van der Waals surface area (Å²) in [6.45, 7) is 16.9. The molecule has 2 aromatic carbocycles. The van der Waals surface area contributed by atoms with Gasteiger partial charge in [-0.2, -0.15) is 0 Å². The van der Waals surface area contributed by atoms with Gasteiger partial charge in [0, 0.05) is 43.3 Å². The van der Waals surface area contributed by atoms with Crippen LogP contribution in [0.25, 0.3) is 0 Å². The Kier molecular flexibility index (Phi) is 9.94. The number of hydrogen-bond donors (Lipinski definition) is 2. The largest absolute Gasteiger partial charge is 0.507 e. The number of carbonyl (C=O) groups excluding carboxylic acids is 2. The van der Waals surface area contributed by atoms with Gasteiger partial charge in [-0.05, 0) is 102 Å². The summed E-state index contributed by atoms with van der Waals surface area (Å²) in [7, 11) is 0. The molecule has 0 atom stereocenters. The summed E-state index contributed by atoms with van der Waals surface area (Å²) in [5.41, 5.74) is 4.78. The van der Waals surface area contributed by atoms with E-state index in [0.717, 1.165) is 33.4 Å². The zero-order chi connectivity index (χ0) is 29.8. The third kappa shape index (κ3) is 8.00. The van der Waals surface area contributed by atoms with Gasteiger partial charge in [-0.3, -0.25) is 14.5 Å². The average Bonchev–Trinajstić information content (AvgIpc) is 2.84. The molecular formula is C33H47NO6. The average molecular weight is 554 g/mol. The van der Waals surface area contributed by atoms with Crippen LogP contribution in [0.2, 0.25) is 0 Å². The SMILES string of the molecule is Cc1cc(CCC(=O)OCCN2C(C)(C)CC(OC(=O)CCc3cc(C)c(O)c(C)c3)CC2(C)C)cc(C)c1O. The number of carbonyl (C=O) groups is 2. The van der Waals surface area contributed by atoms with E-state index >= 15 is 0 Å². The van der Waals surface area contributed by atoms with Crippen molar-refractivity contribution in [3.05, 3.63) is 57.6 Å². The van der Waals surface area contributed by atoms with Crippen molar-refractivity contribution in [2.24, 2.45) is 0 Å². The molecule has 0 aromatic heterocycles. The lowest BCUT2D eigenvalue weighted by atomic mass is 9.78. The molecule has 0 saturated carbocycles. The molecule has 0 radical (unpaired) electrons. The number of nitrogens with zero attached hydrogens (tertiary/aromatic N) is 1.